The maximum atomic E-state index is 5.79. The molecule has 1 rings (SSSR count). The van der Waals surface area contributed by atoms with E-state index in [1.807, 2.05) is 19.2 Å². The Labute approximate surface area is 132 Å². The van der Waals surface area contributed by atoms with Crippen LogP contribution in [0, 0.1) is 0 Å². The molecule has 1 aromatic heterocycles. The van der Waals surface area contributed by atoms with Crippen molar-refractivity contribution in [2.45, 2.75) is 32.7 Å². The number of hydrazone groups is 1. The summed E-state index contributed by atoms with van der Waals surface area (Å²) < 4.78 is 0. The molecule has 0 aliphatic heterocycles. The van der Waals surface area contributed by atoms with E-state index in [-0.39, 0.29) is 6.04 Å². The van der Waals surface area contributed by atoms with Crippen molar-refractivity contribution in [3.05, 3.63) is 49.6 Å². The molecular weight excluding hydrogens is 276 g/mol. The summed E-state index contributed by atoms with van der Waals surface area (Å²) in [6.07, 6.45) is 12.2. The van der Waals surface area contributed by atoms with Gasteiger partial charge in [0.25, 0.3) is 0 Å². The quantitative estimate of drug-likeness (QED) is 0.416. The van der Waals surface area contributed by atoms with Gasteiger partial charge in [-0.25, -0.2) is 15.0 Å². The summed E-state index contributed by atoms with van der Waals surface area (Å²) >= 11 is 0. The number of anilines is 2. The Bertz CT molecular complexity index is 549. The first-order valence-corrected chi connectivity index (χ1v) is 7.21. The highest BCUT2D eigenvalue weighted by atomic mass is 15.4. The van der Waals surface area contributed by atoms with E-state index in [0.29, 0.717) is 17.3 Å². The van der Waals surface area contributed by atoms with Crippen LogP contribution in [0.1, 0.15) is 26.7 Å². The molecule has 0 bridgehead atoms. The summed E-state index contributed by atoms with van der Waals surface area (Å²) in [6.45, 7) is 11.5. The molecule has 0 saturated heterocycles. The van der Waals surface area contributed by atoms with Gasteiger partial charge >= 0.3 is 0 Å². The summed E-state index contributed by atoms with van der Waals surface area (Å²) in [5.74, 6) is 1.02. The molecule has 0 saturated carbocycles. The number of aromatic nitrogens is 2. The second kappa shape index (κ2) is 9.33. The van der Waals surface area contributed by atoms with Crippen molar-refractivity contribution >= 4 is 17.9 Å². The van der Waals surface area contributed by atoms with Crippen LogP contribution in [0.25, 0.3) is 0 Å². The van der Waals surface area contributed by atoms with Crippen molar-refractivity contribution in [1.82, 2.24) is 15.0 Å². The van der Waals surface area contributed by atoms with Gasteiger partial charge in [-0.15, -0.1) is 0 Å². The lowest BCUT2D eigenvalue weighted by Gasteiger charge is -2.17. The number of hydrogen-bond acceptors (Lipinski definition) is 6. The number of nitrogens with two attached hydrogens (primary N) is 1. The molecule has 1 unspecified atom stereocenters. The molecule has 0 aliphatic carbocycles. The van der Waals surface area contributed by atoms with Crippen molar-refractivity contribution in [2.75, 3.05) is 11.1 Å². The molecule has 0 fully saturated rings. The van der Waals surface area contributed by atoms with Crippen LogP contribution in [0.4, 0.5) is 11.6 Å². The van der Waals surface area contributed by atoms with Gasteiger partial charge in [0.1, 0.15) is 0 Å². The van der Waals surface area contributed by atoms with E-state index >= 15 is 0 Å². The van der Waals surface area contributed by atoms with E-state index in [9.17, 15) is 0 Å². The van der Waals surface area contributed by atoms with Crippen molar-refractivity contribution in [3.8, 4) is 0 Å². The Morgan fingerprint density at radius 1 is 1.50 bits per heavy atom. The van der Waals surface area contributed by atoms with Crippen LogP contribution in [0.15, 0.2) is 54.7 Å². The van der Waals surface area contributed by atoms with E-state index < -0.39 is 0 Å². The van der Waals surface area contributed by atoms with Crippen molar-refractivity contribution in [3.63, 3.8) is 0 Å². The lowest BCUT2D eigenvalue weighted by Crippen LogP contribution is -2.20. The fourth-order valence-electron chi connectivity index (χ4n) is 1.73. The van der Waals surface area contributed by atoms with Gasteiger partial charge in [0.15, 0.2) is 11.6 Å². The number of nitrogens with zero attached hydrogens (tertiary/aromatic N) is 4. The smallest absolute Gasteiger partial charge is 0.169 e. The van der Waals surface area contributed by atoms with Gasteiger partial charge < -0.3 is 11.1 Å². The van der Waals surface area contributed by atoms with E-state index in [2.05, 4.69) is 40.5 Å². The third kappa shape index (κ3) is 5.40. The maximum Gasteiger partial charge on any atom is 0.169 e. The summed E-state index contributed by atoms with van der Waals surface area (Å²) in [4.78, 5) is 8.21. The first-order valence-electron chi connectivity index (χ1n) is 7.21. The average molecular weight is 300 g/mol. The normalized spacial score (nSPS) is 12.5. The molecule has 1 heterocycles. The highest BCUT2D eigenvalue weighted by molar-refractivity contribution is 5.55. The Morgan fingerprint density at radius 2 is 2.23 bits per heavy atom. The van der Waals surface area contributed by atoms with E-state index in [1.165, 1.54) is 0 Å². The summed E-state index contributed by atoms with van der Waals surface area (Å²) in [5.41, 5.74) is 6.51. The maximum absolute atomic E-state index is 5.79. The standard InChI is InChI=1S/C16H24N6/c1-5-13(4)22(20-7-3)12-8-9-14(6-2)21-16-15(17)18-10-11-19-16/h5,7-8,10-12,14H,1,4,6,9H2,2-3H3,(H2,17,18)(H,19,21)/b12-8-,20-7-. The molecule has 1 aromatic rings. The molecule has 1 atom stereocenters. The highest BCUT2D eigenvalue weighted by Gasteiger charge is 2.08. The van der Waals surface area contributed by atoms with Gasteiger partial charge in [-0.1, -0.05) is 26.2 Å². The molecule has 6 nitrogen and oxygen atoms in total. The van der Waals surface area contributed by atoms with E-state index in [4.69, 9.17) is 5.73 Å². The number of allylic oxidation sites excluding steroid dienone is 1. The minimum atomic E-state index is 0.208. The Hall–Kier alpha value is -2.63. The topological polar surface area (TPSA) is 79.4 Å². The zero-order chi connectivity index (χ0) is 16.4. The van der Waals surface area contributed by atoms with Crippen molar-refractivity contribution in [1.29, 1.82) is 0 Å². The van der Waals surface area contributed by atoms with Gasteiger partial charge in [0.05, 0.1) is 5.70 Å². The fraction of sp³-hybridized carbons (Fsp3) is 0.312. The highest BCUT2D eigenvalue weighted by Crippen LogP contribution is 2.14. The van der Waals surface area contributed by atoms with Gasteiger partial charge in [-0.3, -0.25) is 0 Å². The summed E-state index contributed by atoms with van der Waals surface area (Å²) in [6, 6.07) is 0.208. The van der Waals surface area contributed by atoms with E-state index in [0.717, 1.165) is 12.8 Å². The third-order valence-electron chi connectivity index (χ3n) is 3.00. The largest absolute Gasteiger partial charge is 0.381 e. The number of hydrogen-bond donors (Lipinski definition) is 2. The second-order valence-electron chi connectivity index (χ2n) is 4.57. The van der Waals surface area contributed by atoms with Crippen LogP contribution in [0.2, 0.25) is 0 Å². The SMILES string of the molecule is C=CC(=C)N(/C=C\CC(CC)Nc1nccnc1N)/N=C\C. The molecule has 3 N–H and O–H groups in total. The minimum Gasteiger partial charge on any atom is -0.381 e. The molecule has 0 amide bonds. The minimum absolute atomic E-state index is 0.208. The van der Waals surface area contributed by atoms with Gasteiger partial charge in [-0.05, 0) is 25.8 Å². The van der Waals surface area contributed by atoms with Crippen LogP contribution < -0.4 is 11.1 Å². The molecule has 6 heteroatoms. The zero-order valence-electron chi connectivity index (χ0n) is 13.2. The van der Waals surface area contributed by atoms with Crippen molar-refractivity contribution in [2.24, 2.45) is 5.10 Å². The molecule has 0 radical (unpaired) electrons. The van der Waals surface area contributed by atoms with Crippen LogP contribution in [0.3, 0.4) is 0 Å². The predicted octanol–water partition coefficient (Wildman–Crippen LogP) is 3.16. The molecular formula is C16H24N6. The van der Waals surface area contributed by atoms with Gasteiger partial charge in [0.2, 0.25) is 0 Å². The monoisotopic (exact) mass is 300 g/mol. The van der Waals surface area contributed by atoms with Crippen molar-refractivity contribution < 1.29 is 0 Å². The van der Waals surface area contributed by atoms with Crippen LogP contribution >= 0.6 is 0 Å². The number of nitrogen functional groups attached to an aromatic ring is 1. The Kier molecular flexibility index (Phi) is 7.39. The van der Waals surface area contributed by atoms with Gasteiger partial charge in [-0.2, -0.15) is 5.10 Å². The van der Waals surface area contributed by atoms with Crippen LogP contribution in [0.5, 0.6) is 0 Å². The molecule has 0 aromatic carbocycles. The molecule has 0 aliphatic rings. The lowest BCUT2D eigenvalue weighted by atomic mass is 10.1. The molecule has 118 valence electrons. The Morgan fingerprint density at radius 3 is 2.82 bits per heavy atom. The van der Waals surface area contributed by atoms with Crippen LogP contribution in [-0.2, 0) is 0 Å². The zero-order valence-corrected chi connectivity index (χ0v) is 13.2. The number of rotatable bonds is 9. The first-order chi connectivity index (χ1) is 10.6. The summed E-state index contributed by atoms with van der Waals surface area (Å²) in [5, 5.41) is 9.18. The molecule has 22 heavy (non-hydrogen) atoms. The number of nitrogens with one attached hydrogen (secondary N) is 1. The van der Waals surface area contributed by atoms with Crippen LogP contribution in [-0.4, -0.2) is 27.2 Å². The molecule has 0 spiro atoms. The summed E-state index contributed by atoms with van der Waals surface area (Å²) in [7, 11) is 0. The fourth-order valence-corrected chi connectivity index (χ4v) is 1.73. The predicted molar refractivity (Wildman–Crippen MR) is 93.2 cm³/mol. The van der Waals surface area contributed by atoms with Gasteiger partial charge in [0, 0.05) is 30.9 Å². The first kappa shape index (κ1) is 17.4. The third-order valence-corrected chi connectivity index (χ3v) is 3.00. The second-order valence-corrected chi connectivity index (χ2v) is 4.57. The average Bonchev–Trinajstić information content (AvgIpc) is 2.54. The van der Waals surface area contributed by atoms with E-state index in [1.54, 1.807) is 29.7 Å². The Balaban J connectivity index is 2.66. The lowest BCUT2D eigenvalue weighted by molar-refractivity contribution is 0.515.